The molecule has 0 amide bonds. The average Bonchev–Trinajstić information content (AvgIpc) is 3.23. The van der Waals surface area contributed by atoms with Crippen LogP contribution in [0.15, 0.2) is 42.7 Å². The van der Waals surface area contributed by atoms with Crippen molar-refractivity contribution in [2.45, 2.75) is 33.1 Å². The third-order valence-electron chi connectivity index (χ3n) is 5.17. The van der Waals surface area contributed by atoms with Crippen LogP contribution in [-0.4, -0.2) is 25.7 Å². The van der Waals surface area contributed by atoms with Crippen LogP contribution >= 0.6 is 23.2 Å². The first-order valence-corrected chi connectivity index (χ1v) is 10.1. The summed E-state index contributed by atoms with van der Waals surface area (Å²) in [6.45, 7) is 3.88. The number of carbonyl (C=O) groups excluding carboxylic acids is 1. The van der Waals surface area contributed by atoms with E-state index in [1.807, 2.05) is 50.4 Å². The number of hydrogen-bond acceptors (Lipinski definition) is 3. The van der Waals surface area contributed by atoms with E-state index in [4.69, 9.17) is 23.2 Å². The van der Waals surface area contributed by atoms with E-state index in [1.54, 1.807) is 6.20 Å². The van der Waals surface area contributed by atoms with E-state index >= 15 is 0 Å². The van der Waals surface area contributed by atoms with Crippen molar-refractivity contribution in [1.29, 1.82) is 0 Å². The lowest BCUT2D eigenvalue weighted by atomic mass is 10.0. The number of aromatic amines is 1. The second-order valence-corrected chi connectivity index (χ2v) is 7.99. The molecule has 0 atom stereocenters. The standard InChI is InChI=1S/C22H20Cl2N4O/c1-13-19(9-16-11-25-22-20(16)10-18(24)12-26-22)14(2)28(27-13)21(29)8-5-15-3-6-17(23)7-4-15/h3-4,6-7,10-12H,5,8-9H2,1-2H3,(H,25,26). The Morgan fingerprint density at radius 3 is 2.66 bits per heavy atom. The summed E-state index contributed by atoms with van der Waals surface area (Å²) in [5.41, 5.74) is 5.72. The van der Waals surface area contributed by atoms with Crippen LogP contribution in [0.2, 0.25) is 10.0 Å². The van der Waals surface area contributed by atoms with Crippen LogP contribution in [0.1, 0.15) is 39.3 Å². The van der Waals surface area contributed by atoms with Gasteiger partial charge in [0.05, 0.1) is 10.7 Å². The molecule has 0 fully saturated rings. The molecular formula is C22H20Cl2N4O. The first-order chi connectivity index (χ1) is 13.9. The summed E-state index contributed by atoms with van der Waals surface area (Å²) in [5.74, 6) is -0.0181. The molecule has 1 aromatic carbocycles. The SMILES string of the molecule is Cc1nn(C(=O)CCc2ccc(Cl)cc2)c(C)c1Cc1c[nH]c2ncc(Cl)cc12. The highest BCUT2D eigenvalue weighted by atomic mass is 35.5. The van der Waals surface area contributed by atoms with E-state index in [0.717, 1.165) is 39.1 Å². The smallest absolute Gasteiger partial charge is 0.247 e. The molecule has 0 spiro atoms. The number of fused-ring (bicyclic) bond motifs is 1. The minimum Gasteiger partial charge on any atom is -0.346 e. The Balaban J connectivity index is 1.54. The van der Waals surface area contributed by atoms with E-state index in [-0.39, 0.29) is 5.91 Å². The maximum absolute atomic E-state index is 12.8. The molecule has 4 rings (SSSR count). The largest absolute Gasteiger partial charge is 0.346 e. The zero-order valence-electron chi connectivity index (χ0n) is 16.2. The fourth-order valence-corrected chi connectivity index (χ4v) is 3.83. The number of carbonyl (C=O) groups is 1. The monoisotopic (exact) mass is 426 g/mol. The van der Waals surface area contributed by atoms with Gasteiger partial charge < -0.3 is 4.98 Å². The predicted octanol–water partition coefficient (Wildman–Crippen LogP) is 5.55. The van der Waals surface area contributed by atoms with Crippen molar-refractivity contribution in [3.8, 4) is 0 Å². The van der Waals surface area contributed by atoms with E-state index in [0.29, 0.717) is 29.3 Å². The Morgan fingerprint density at radius 1 is 1.14 bits per heavy atom. The van der Waals surface area contributed by atoms with E-state index in [1.165, 1.54) is 4.68 Å². The number of rotatable bonds is 5. The number of aromatic nitrogens is 4. The summed E-state index contributed by atoms with van der Waals surface area (Å²) in [5, 5.41) is 6.78. The molecule has 0 saturated carbocycles. The maximum atomic E-state index is 12.8. The molecule has 7 heteroatoms. The second-order valence-electron chi connectivity index (χ2n) is 7.12. The molecule has 3 heterocycles. The zero-order chi connectivity index (χ0) is 20.5. The molecule has 0 aliphatic rings. The van der Waals surface area contributed by atoms with Gasteiger partial charge >= 0.3 is 0 Å². The normalized spacial score (nSPS) is 11.3. The molecule has 1 N–H and O–H groups in total. The Hall–Kier alpha value is -2.63. The Bertz CT molecular complexity index is 1190. The van der Waals surface area contributed by atoms with Crippen molar-refractivity contribution in [3.05, 3.63) is 80.8 Å². The molecule has 0 saturated heterocycles. The van der Waals surface area contributed by atoms with Gasteiger partial charge in [-0.3, -0.25) is 4.79 Å². The van der Waals surface area contributed by atoms with Gasteiger partial charge in [-0.15, -0.1) is 0 Å². The summed E-state index contributed by atoms with van der Waals surface area (Å²) >= 11 is 12.0. The number of hydrogen-bond donors (Lipinski definition) is 1. The lowest BCUT2D eigenvalue weighted by molar-refractivity contribution is 0.0884. The second kappa shape index (κ2) is 8.01. The molecule has 0 radical (unpaired) electrons. The maximum Gasteiger partial charge on any atom is 0.247 e. The molecule has 0 bridgehead atoms. The fraction of sp³-hybridized carbons (Fsp3) is 0.227. The highest BCUT2D eigenvalue weighted by molar-refractivity contribution is 6.31. The van der Waals surface area contributed by atoms with Gasteiger partial charge in [0.1, 0.15) is 5.65 Å². The van der Waals surface area contributed by atoms with Crippen LogP contribution in [0.25, 0.3) is 11.0 Å². The number of aryl methyl sites for hydroxylation is 2. The molecule has 0 unspecified atom stereocenters. The Kier molecular flexibility index (Phi) is 5.43. The summed E-state index contributed by atoms with van der Waals surface area (Å²) in [7, 11) is 0. The number of pyridine rings is 1. The van der Waals surface area contributed by atoms with Crippen LogP contribution in [0, 0.1) is 13.8 Å². The number of halogens is 2. The molecule has 29 heavy (non-hydrogen) atoms. The molecule has 4 aromatic rings. The number of H-pyrrole nitrogens is 1. The summed E-state index contributed by atoms with van der Waals surface area (Å²) in [6, 6.07) is 9.47. The Labute approximate surface area is 178 Å². The van der Waals surface area contributed by atoms with Gasteiger partial charge in [-0.05, 0) is 49.6 Å². The molecule has 148 valence electrons. The van der Waals surface area contributed by atoms with Gasteiger partial charge in [-0.2, -0.15) is 5.10 Å². The topological polar surface area (TPSA) is 63.6 Å². The molecule has 0 aliphatic carbocycles. The van der Waals surface area contributed by atoms with Gasteiger partial charge in [0, 0.05) is 46.9 Å². The highest BCUT2D eigenvalue weighted by Crippen LogP contribution is 2.25. The highest BCUT2D eigenvalue weighted by Gasteiger charge is 2.18. The molecule has 0 aliphatic heterocycles. The third-order valence-corrected chi connectivity index (χ3v) is 5.63. The van der Waals surface area contributed by atoms with Gasteiger partial charge in [0.15, 0.2) is 0 Å². The first-order valence-electron chi connectivity index (χ1n) is 9.36. The first kappa shape index (κ1) is 19.7. The van der Waals surface area contributed by atoms with Crippen molar-refractivity contribution < 1.29 is 4.79 Å². The summed E-state index contributed by atoms with van der Waals surface area (Å²) in [6.07, 6.45) is 5.25. The van der Waals surface area contributed by atoms with Gasteiger partial charge in [0.2, 0.25) is 5.91 Å². The van der Waals surface area contributed by atoms with Crippen molar-refractivity contribution in [2.24, 2.45) is 0 Å². The molecule has 3 aromatic heterocycles. The predicted molar refractivity (Wildman–Crippen MR) is 116 cm³/mol. The lowest BCUT2D eigenvalue weighted by Crippen LogP contribution is -2.15. The average molecular weight is 427 g/mol. The minimum absolute atomic E-state index is 0.0181. The van der Waals surface area contributed by atoms with E-state index in [9.17, 15) is 4.79 Å². The minimum atomic E-state index is -0.0181. The van der Waals surface area contributed by atoms with Crippen molar-refractivity contribution in [1.82, 2.24) is 19.7 Å². The van der Waals surface area contributed by atoms with Crippen LogP contribution in [-0.2, 0) is 12.8 Å². The van der Waals surface area contributed by atoms with Gasteiger partial charge in [0.25, 0.3) is 0 Å². The molecular weight excluding hydrogens is 407 g/mol. The van der Waals surface area contributed by atoms with Gasteiger partial charge in [-0.25, -0.2) is 9.67 Å². The summed E-state index contributed by atoms with van der Waals surface area (Å²) < 4.78 is 1.53. The van der Waals surface area contributed by atoms with Crippen LogP contribution in [0.3, 0.4) is 0 Å². The quantitative estimate of drug-likeness (QED) is 0.455. The Morgan fingerprint density at radius 2 is 1.90 bits per heavy atom. The van der Waals surface area contributed by atoms with E-state index < -0.39 is 0 Å². The zero-order valence-corrected chi connectivity index (χ0v) is 17.7. The number of nitrogens with zero attached hydrogens (tertiary/aromatic N) is 3. The summed E-state index contributed by atoms with van der Waals surface area (Å²) in [4.78, 5) is 20.3. The van der Waals surface area contributed by atoms with Crippen molar-refractivity contribution in [2.75, 3.05) is 0 Å². The number of benzene rings is 1. The third kappa shape index (κ3) is 4.07. The van der Waals surface area contributed by atoms with Crippen molar-refractivity contribution in [3.63, 3.8) is 0 Å². The van der Waals surface area contributed by atoms with Crippen LogP contribution in [0.5, 0.6) is 0 Å². The van der Waals surface area contributed by atoms with Crippen LogP contribution in [0.4, 0.5) is 0 Å². The van der Waals surface area contributed by atoms with E-state index in [2.05, 4.69) is 15.1 Å². The van der Waals surface area contributed by atoms with Crippen molar-refractivity contribution >= 4 is 40.1 Å². The van der Waals surface area contributed by atoms with Gasteiger partial charge in [-0.1, -0.05) is 35.3 Å². The molecule has 5 nitrogen and oxygen atoms in total. The number of nitrogens with one attached hydrogen (secondary N) is 1. The fourth-order valence-electron chi connectivity index (χ4n) is 3.55. The van der Waals surface area contributed by atoms with Crippen LogP contribution < -0.4 is 0 Å². The lowest BCUT2D eigenvalue weighted by Gasteiger charge is -2.05.